The molecule has 1 amide bonds. The van der Waals surface area contributed by atoms with E-state index in [9.17, 15) is 4.79 Å². The number of piperidine rings is 1. The highest BCUT2D eigenvalue weighted by molar-refractivity contribution is 5.98. The maximum atomic E-state index is 12.5. The number of nitrogens with zero attached hydrogens (tertiary/aromatic N) is 2. The van der Waals surface area contributed by atoms with Crippen LogP contribution in [-0.4, -0.2) is 42.5 Å². The van der Waals surface area contributed by atoms with Gasteiger partial charge in [0.1, 0.15) is 5.75 Å². The van der Waals surface area contributed by atoms with Gasteiger partial charge in [0.05, 0.1) is 7.11 Å². The number of carbonyl (C=O) groups excluding carboxylic acids is 1. The maximum Gasteiger partial charge on any atom is 0.254 e. The topological polar surface area (TPSA) is 32.8 Å². The number of likely N-dealkylation sites (tertiary alicyclic amines) is 1. The average molecular weight is 350 g/mol. The number of amides is 1. The summed E-state index contributed by atoms with van der Waals surface area (Å²) in [6.45, 7) is 4.76. The van der Waals surface area contributed by atoms with E-state index in [1.807, 2.05) is 35.2 Å². The van der Waals surface area contributed by atoms with Crippen LogP contribution in [0, 0.1) is 5.92 Å². The van der Waals surface area contributed by atoms with Crippen molar-refractivity contribution >= 4 is 5.91 Å². The van der Waals surface area contributed by atoms with E-state index >= 15 is 0 Å². The first-order valence-corrected chi connectivity index (χ1v) is 9.46. The van der Waals surface area contributed by atoms with Gasteiger partial charge >= 0.3 is 0 Å². The van der Waals surface area contributed by atoms with Gasteiger partial charge in [0.2, 0.25) is 0 Å². The summed E-state index contributed by atoms with van der Waals surface area (Å²) < 4.78 is 5.47. The fourth-order valence-corrected chi connectivity index (χ4v) is 4.18. The lowest BCUT2D eigenvalue weighted by Gasteiger charge is -2.34. The Labute approximate surface area is 155 Å². The standard InChI is InChI=1S/C22H26N2O2/c1-26-21-9-5-3-7-19(21)15-23-12-10-17(11-13-23)14-24-16-18-6-2-4-8-20(18)22(24)25/h2-9,17H,10-16H2,1H3. The Morgan fingerprint density at radius 2 is 1.77 bits per heavy atom. The van der Waals surface area contributed by atoms with Crippen molar-refractivity contribution in [3.8, 4) is 5.75 Å². The molecule has 0 unspecified atom stereocenters. The molecule has 0 spiro atoms. The van der Waals surface area contributed by atoms with Gasteiger partial charge in [-0.05, 0) is 49.5 Å². The minimum atomic E-state index is 0.206. The van der Waals surface area contributed by atoms with Crippen molar-refractivity contribution in [2.75, 3.05) is 26.7 Å². The Bertz CT molecular complexity index is 781. The molecule has 2 aliphatic heterocycles. The van der Waals surface area contributed by atoms with E-state index in [-0.39, 0.29) is 5.91 Å². The number of hydrogen-bond donors (Lipinski definition) is 0. The van der Waals surface area contributed by atoms with Crippen LogP contribution in [0.5, 0.6) is 5.75 Å². The molecule has 26 heavy (non-hydrogen) atoms. The molecule has 1 saturated heterocycles. The SMILES string of the molecule is COc1ccccc1CN1CCC(CN2Cc3ccccc3C2=O)CC1. The number of ether oxygens (including phenoxy) is 1. The van der Waals surface area contributed by atoms with Crippen LogP contribution in [0.3, 0.4) is 0 Å². The third-order valence-corrected chi connectivity index (χ3v) is 5.67. The summed E-state index contributed by atoms with van der Waals surface area (Å²) in [5.74, 6) is 1.77. The summed E-state index contributed by atoms with van der Waals surface area (Å²) in [4.78, 5) is 17.1. The molecule has 4 heteroatoms. The summed E-state index contributed by atoms with van der Waals surface area (Å²) >= 11 is 0. The second kappa shape index (κ2) is 7.50. The molecule has 0 aromatic heterocycles. The van der Waals surface area contributed by atoms with Gasteiger partial charge in [-0.3, -0.25) is 9.69 Å². The fourth-order valence-electron chi connectivity index (χ4n) is 4.18. The third kappa shape index (κ3) is 3.47. The van der Waals surface area contributed by atoms with Crippen LogP contribution < -0.4 is 4.74 Å². The average Bonchev–Trinajstić information content (AvgIpc) is 3.00. The van der Waals surface area contributed by atoms with Gasteiger partial charge in [0.25, 0.3) is 5.91 Å². The lowest BCUT2D eigenvalue weighted by Crippen LogP contribution is -2.38. The molecule has 4 rings (SSSR count). The Morgan fingerprint density at radius 3 is 2.54 bits per heavy atom. The van der Waals surface area contributed by atoms with Crippen molar-refractivity contribution in [1.82, 2.24) is 9.80 Å². The first-order chi connectivity index (χ1) is 12.7. The van der Waals surface area contributed by atoms with Gasteiger partial charge in [0.15, 0.2) is 0 Å². The molecule has 0 N–H and O–H groups in total. The Morgan fingerprint density at radius 1 is 1.04 bits per heavy atom. The van der Waals surface area contributed by atoms with Crippen LogP contribution >= 0.6 is 0 Å². The van der Waals surface area contributed by atoms with Crippen LogP contribution in [0.1, 0.15) is 34.3 Å². The van der Waals surface area contributed by atoms with Crippen LogP contribution in [0.15, 0.2) is 48.5 Å². The molecule has 0 aliphatic carbocycles. The number of hydrogen-bond acceptors (Lipinski definition) is 3. The molecular formula is C22H26N2O2. The molecule has 0 atom stereocenters. The molecule has 2 aromatic carbocycles. The normalized spacial score (nSPS) is 18.2. The zero-order chi connectivity index (χ0) is 17.9. The van der Waals surface area contributed by atoms with E-state index in [4.69, 9.17) is 4.74 Å². The largest absolute Gasteiger partial charge is 0.496 e. The van der Waals surface area contributed by atoms with Crippen LogP contribution in [0.2, 0.25) is 0 Å². The molecule has 0 bridgehead atoms. The molecule has 2 heterocycles. The van der Waals surface area contributed by atoms with Crippen LogP contribution in [-0.2, 0) is 13.1 Å². The van der Waals surface area contributed by atoms with Crippen molar-refractivity contribution < 1.29 is 9.53 Å². The predicted octanol–water partition coefficient (Wildman–Crippen LogP) is 3.56. The molecule has 2 aromatic rings. The van der Waals surface area contributed by atoms with Gasteiger partial charge in [-0.25, -0.2) is 0 Å². The molecule has 0 radical (unpaired) electrons. The van der Waals surface area contributed by atoms with Crippen LogP contribution in [0.4, 0.5) is 0 Å². The number of rotatable bonds is 5. The van der Waals surface area contributed by atoms with E-state index in [2.05, 4.69) is 23.1 Å². The lowest BCUT2D eigenvalue weighted by molar-refractivity contribution is 0.0711. The monoisotopic (exact) mass is 350 g/mol. The van der Waals surface area contributed by atoms with E-state index < -0.39 is 0 Å². The minimum absolute atomic E-state index is 0.206. The van der Waals surface area contributed by atoms with Gasteiger partial charge in [-0.2, -0.15) is 0 Å². The van der Waals surface area contributed by atoms with Gasteiger partial charge < -0.3 is 9.64 Å². The molecule has 0 saturated carbocycles. The molecule has 1 fully saturated rings. The Balaban J connectivity index is 1.30. The summed E-state index contributed by atoms with van der Waals surface area (Å²) in [5, 5.41) is 0. The minimum Gasteiger partial charge on any atom is -0.496 e. The zero-order valence-electron chi connectivity index (χ0n) is 15.4. The number of benzene rings is 2. The second-order valence-corrected chi connectivity index (χ2v) is 7.37. The van der Waals surface area contributed by atoms with Crippen molar-refractivity contribution in [1.29, 1.82) is 0 Å². The van der Waals surface area contributed by atoms with E-state index in [1.165, 1.54) is 11.1 Å². The van der Waals surface area contributed by atoms with E-state index in [0.717, 1.165) is 56.9 Å². The van der Waals surface area contributed by atoms with Gasteiger partial charge in [0, 0.05) is 30.8 Å². The zero-order valence-corrected chi connectivity index (χ0v) is 15.4. The van der Waals surface area contributed by atoms with E-state index in [0.29, 0.717) is 5.92 Å². The molecule has 2 aliphatic rings. The first kappa shape index (κ1) is 17.1. The smallest absolute Gasteiger partial charge is 0.254 e. The van der Waals surface area contributed by atoms with Gasteiger partial charge in [-0.1, -0.05) is 36.4 Å². The van der Waals surface area contributed by atoms with Gasteiger partial charge in [-0.15, -0.1) is 0 Å². The van der Waals surface area contributed by atoms with Crippen molar-refractivity contribution in [3.05, 3.63) is 65.2 Å². The number of fused-ring (bicyclic) bond motifs is 1. The maximum absolute atomic E-state index is 12.5. The molecular weight excluding hydrogens is 324 g/mol. The van der Waals surface area contributed by atoms with Crippen molar-refractivity contribution in [2.45, 2.75) is 25.9 Å². The van der Waals surface area contributed by atoms with Crippen molar-refractivity contribution in [2.24, 2.45) is 5.92 Å². The second-order valence-electron chi connectivity index (χ2n) is 7.37. The summed E-state index contributed by atoms with van der Waals surface area (Å²) in [6, 6.07) is 16.3. The summed E-state index contributed by atoms with van der Waals surface area (Å²) in [5.41, 5.74) is 3.31. The van der Waals surface area contributed by atoms with Crippen molar-refractivity contribution in [3.63, 3.8) is 0 Å². The number of para-hydroxylation sites is 1. The highest BCUT2D eigenvalue weighted by atomic mass is 16.5. The lowest BCUT2D eigenvalue weighted by atomic mass is 9.95. The third-order valence-electron chi connectivity index (χ3n) is 5.67. The number of methoxy groups -OCH3 is 1. The highest BCUT2D eigenvalue weighted by Crippen LogP contribution is 2.27. The summed E-state index contributed by atoms with van der Waals surface area (Å²) in [7, 11) is 1.73. The quantitative estimate of drug-likeness (QED) is 0.826. The first-order valence-electron chi connectivity index (χ1n) is 9.46. The Hall–Kier alpha value is -2.33. The number of carbonyl (C=O) groups is 1. The highest BCUT2D eigenvalue weighted by Gasteiger charge is 2.30. The summed E-state index contributed by atoms with van der Waals surface area (Å²) in [6.07, 6.45) is 2.30. The Kier molecular flexibility index (Phi) is 4.93. The fraction of sp³-hybridized carbons (Fsp3) is 0.409. The predicted molar refractivity (Wildman–Crippen MR) is 102 cm³/mol. The van der Waals surface area contributed by atoms with Crippen LogP contribution in [0.25, 0.3) is 0 Å². The van der Waals surface area contributed by atoms with E-state index in [1.54, 1.807) is 7.11 Å². The molecule has 4 nitrogen and oxygen atoms in total. The molecule has 136 valence electrons.